The monoisotopic (exact) mass is 544 g/mol. The summed E-state index contributed by atoms with van der Waals surface area (Å²) in [5.41, 5.74) is 8.28. The van der Waals surface area contributed by atoms with Crippen molar-refractivity contribution in [2.45, 2.75) is 26.2 Å². The van der Waals surface area contributed by atoms with Gasteiger partial charge in [0, 0.05) is 43.3 Å². The molecule has 0 bridgehead atoms. The summed E-state index contributed by atoms with van der Waals surface area (Å²) in [4.78, 5) is 9.39. The lowest BCUT2D eigenvalue weighted by Gasteiger charge is -2.18. The van der Waals surface area contributed by atoms with Crippen LogP contribution in [0.3, 0.4) is 0 Å². The molecule has 6 aromatic carbocycles. The molecule has 2 nitrogen and oxygen atoms in total. The zero-order valence-corrected chi connectivity index (χ0v) is 24.1. The Balaban J connectivity index is 1.27. The zero-order valence-electron chi connectivity index (χ0n) is 23.3. The van der Waals surface area contributed by atoms with Gasteiger partial charge in [0.15, 0.2) is 0 Å². The summed E-state index contributed by atoms with van der Waals surface area (Å²) in [5, 5.41) is 7.38. The summed E-state index contributed by atoms with van der Waals surface area (Å²) in [7, 11) is 0. The molecule has 0 saturated heterocycles. The van der Waals surface area contributed by atoms with Crippen LogP contribution < -0.4 is 0 Å². The van der Waals surface area contributed by atoms with E-state index in [-0.39, 0.29) is 5.41 Å². The van der Waals surface area contributed by atoms with E-state index in [1.807, 2.05) is 11.3 Å². The number of fused-ring (bicyclic) bond motifs is 9. The Bertz CT molecular complexity index is 2270. The van der Waals surface area contributed by atoms with Crippen molar-refractivity contribution in [1.29, 1.82) is 0 Å². The number of benzene rings is 6. The molecule has 196 valence electrons. The van der Waals surface area contributed by atoms with E-state index in [0.29, 0.717) is 0 Å². The van der Waals surface area contributed by atoms with E-state index in [4.69, 9.17) is 4.98 Å². The van der Waals surface area contributed by atoms with E-state index in [1.165, 1.54) is 58.8 Å². The van der Waals surface area contributed by atoms with Crippen LogP contribution in [0, 0.1) is 0 Å². The van der Waals surface area contributed by atoms with E-state index >= 15 is 0 Å². The maximum atomic E-state index is 4.71. The third kappa shape index (κ3) is 3.92. The van der Waals surface area contributed by atoms with Gasteiger partial charge in [-0.3, -0.25) is 9.97 Å². The van der Waals surface area contributed by atoms with Crippen LogP contribution in [-0.4, -0.2) is 9.97 Å². The number of nitrogens with zero attached hydrogens (tertiary/aromatic N) is 2. The minimum Gasteiger partial charge on any atom is -0.252 e. The molecule has 0 saturated carbocycles. The molecule has 0 aliphatic carbocycles. The maximum Gasteiger partial charge on any atom is 0.0971 e. The molecular formula is C38H28N2S. The summed E-state index contributed by atoms with van der Waals surface area (Å²) in [6.45, 7) is 6.85. The van der Waals surface area contributed by atoms with Gasteiger partial charge in [-0.05, 0) is 80.4 Å². The molecule has 0 spiro atoms. The van der Waals surface area contributed by atoms with Gasteiger partial charge in [0.2, 0.25) is 0 Å². The summed E-state index contributed by atoms with van der Waals surface area (Å²) in [6.07, 6.45) is 3.56. The molecule has 0 aliphatic heterocycles. The van der Waals surface area contributed by atoms with Crippen molar-refractivity contribution in [3.05, 3.63) is 121 Å². The first-order chi connectivity index (χ1) is 19.9. The van der Waals surface area contributed by atoms with Gasteiger partial charge in [-0.2, -0.15) is 0 Å². The topological polar surface area (TPSA) is 25.8 Å². The molecule has 41 heavy (non-hydrogen) atoms. The van der Waals surface area contributed by atoms with Gasteiger partial charge >= 0.3 is 0 Å². The predicted molar refractivity (Wildman–Crippen MR) is 177 cm³/mol. The van der Waals surface area contributed by atoms with E-state index in [9.17, 15) is 0 Å². The third-order valence-electron chi connectivity index (χ3n) is 8.31. The van der Waals surface area contributed by atoms with Crippen LogP contribution in [0.25, 0.3) is 75.0 Å². The molecule has 0 unspecified atom stereocenters. The van der Waals surface area contributed by atoms with Crippen molar-refractivity contribution in [3.8, 4) is 22.3 Å². The molecule has 0 aliphatic rings. The van der Waals surface area contributed by atoms with Gasteiger partial charge in [-0.1, -0.05) is 87.5 Å². The standard InChI is InChI=1S/C38H28N2S/c1-38(2,3)27-13-16-35-33(22-27)32-21-26(12-15-34(32)41-35)24-8-6-7-23(19-24)25-11-14-30-31(20-25)28-9-4-5-10-29(28)36-37(30)40-18-17-39-36/h4-22H,1-3H3. The highest BCUT2D eigenvalue weighted by molar-refractivity contribution is 7.25. The van der Waals surface area contributed by atoms with Crippen LogP contribution in [0.5, 0.6) is 0 Å². The summed E-state index contributed by atoms with van der Waals surface area (Å²) in [5.74, 6) is 0. The highest BCUT2D eigenvalue weighted by Crippen LogP contribution is 2.40. The molecule has 0 fully saturated rings. The minimum atomic E-state index is 0.123. The van der Waals surface area contributed by atoms with Crippen molar-refractivity contribution < 1.29 is 0 Å². The fourth-order valence-electron chi connectivity index (χ4n) is 6.11. The van der Waals surface area contributed by atoms with Gasteiger partial charge in [0.05, 0.1) is 11.0 Å². The van der Waals surface area contributed by atoms with E-state index in [1.54, 1.807) is 12.4 Å². The first-order valence-corrected chi connectivity index (χ1v) is 14.9. The van der Waals surface area contributed by atoms with Crippen LogP contribution in [-0.2, 0) is 5.41 Å². The fraction of sp³-hybridized carbons (Fsp3) is 0.105. The quantitative estimate of drug-likeness (QED) is 0.202. The lowest BCUT2D eigenvalue weighted by Crippen LogP contribution is -2.10. The molecule has 2 aromatic heterocycles. The van der Waals surface area contributed by atoms with Gasteiger partial charge < -0.3 is 0 Å². The normalized spacial score (nSPS) is 12.3. The van der Waals surface area contributed by atoms with Gasteiger partial charge in [-0.15, -0.1) is 11.3 Å². The smallest absolute Gasteiger partial charge is 0.0971 e. The van der Waals surface area contributed by atoms with Gasteiger partial charge in [0.1, 0.15) is 0 Å². The van der Waals surface area contributed by atoms with Crippen molar-refractivity contribution >= 4 is 64.1 Å². The highest BCUT2D eigenvalue weighted by atomic mass is 32.1. The first kappa shape index (κ1) is 24.2. The molecule has 0 amide bonds. The zero-order chi connectivity index (χ0) is 27.7. The van der Waals surface area contributed by atoms with Crippen LogP contribution >= 0.6 is 11.3 Å². The highest BCUT2D eigenvalue weighted by Gasteiger charge is 2.16. The number of hydrogen-bond donors (Lipinski definition) is 0. The van der Waals surface area contributed by atoms with E-state index < -0.39 is 0 Å². The van der Waals surface area contributed by atoms with Crippen molar-refractivity contribution in [2.75, 3.05) is 0 Å². The lowest BCUT2D eigenvalue weighted by molar-refractivity contribution is 0.591. The molecule has 8 rings (SSSR count). The lowest BCUT2D eigenvalue weighted by atomic mass is 9.86. The Morgan fingerprint density at radius 3 is 1.73 bits per heavy atom. The Hall–Kier alpha value is -4.60. The minimum absolute atomic E-state index is 0.123. The number of rotatable bonds is 2. The SMILES string of the molecule is CC(C)(C)c1ccc2sc3ccc(-c4cccc(-c5ccc6c(c5)c5ccccc5c5nccnc65)c4)cc3c2c1. The number of aromatic nitrogens is 2. The van der Waals surface area contributed by atoms with Crippen molar-refractivity contribution in [2.24, 2.45) is 0 Å². The maximum absolute atomic E-state index is 4.71. The Morgan fingerprint density at radius 1 is 0.463 bits per heavy atom. The predicted octanol–water partition coefficient (Wildman–Crippen LogP) is 10.9. The van der Waals surface area contributed by atoms with Gasteiger partial charge in [-0.25, -0.2) is 0 Å². The Morgan fingerprint density at radius 2 is 1.02 bits per heavy atom. The van der Waals surface area contributed by atoms with Crippen molar-refractivity contribution in [1.82, 2.24) is 9.97 Å². The molecule has 8 aromatic rings. The average Bonchev–Trinajstić information content (AvgIpc) is 3.38. The third-order valence-corrected chi connectivity index (χ3v) is 9.46. The summed E-state index contributed by atoms with van der Waals surface area (Å²) < 4.78 is 2.68. The second kappa shape index (κ2) is 8.95. The van der Waals surface area contributed by atoms with E-state index in [0.717, 1.165) is 21.8 Å². The summed E-state index contributed by atoms with van der Waals surface area (Å²) in [6, 6.07) is 38.1. The molecule has 0 radical (unpaired) electrons. The van der Waals surface area contributed by atoms with Crippen LogP contribution in [0.2, 0.25) is 0 Å². The second-order valence-corrected chi connectivity index (χ2v) is 13.0. The molecule has 0 N–H and O–H groups in total. The average molecular weight is 545 g/mol. The molecular weight excluding hydrogens is 516 g/mol. The molecule has 0 atom stereocenters. The molecule has 3 heteroatoms. The Kier molecular flexibility index (Phi) is 5.29. The largest absolute Gasteiger partial charge is 0.252 e. The van der Waals surface area contributed by atoms with Crippen LogP contribution in [0.1, 0.15) is 26.3 Å². The summed E-state index contributed by atoms with van der Waals surface area (Å²) >= 11 is 1.88. The molecule has 2 heterocycles. The number of thiophene rings is 1. The van der Waals surface area contributed by atoms with E-state index in [2.05, 4.69) is 129 Å². The second-order valence-electron chi connectivity index (χ2n) is 11.9. The fourth-order valence-corrected chi connectivity index (χ4v) is 7.18. The van der Waals surface area contributed by atoms with Crippen molar-refractivity contribution in [3.63, 3.8) is 0 Å². The Labute approximate surface area is 242 Å². The number of hydrogen-bond acceptors (Lipinski definition) is 3. The van der Waals surface area contributed by atoms with Crippen LogP contribution in [0.4, 0.5) is 0 Å². The van der Waals surface area contributed by atoms with Crippen LogP contribution in [0.15, 0.2) is 116 Å². The first-order valence-electron chi connectivity index (χ1n) is 14.1. The van der Waals surface area contributed by atoms with Gasteiger partial charge in [0.25, 0.3) is 0 Å².